The predicted octanol–water partition coefficient (Wildman–Crippen LogP) is 4.19. The molecular weight excluding hydrogens is 358 g/mol. The molecule has 0 N–H and O–H groups in total. The van der Waals surface area contributed by atoms with Gasteiger partial charge in [-0.05, 0) is 44.0 Å². The normalized spacial score (nSPS) is 18.8. The third kappa shape index (κ3) is 3.41. The fourth-order valence-corrected chi connectivity index (χ4v) is 4.51. The maximum atomic E-state index is 5.01. The first-order valence-corrected chi connectivity index (χ1v) is 10.5. The van der Waals surface area contributed by atoms with Crippen LogP contribution in [0.2, 0.25) is 0 Å². The molecule has 148 valence electrons. The number of aryl methyl sites for hydroxylation is 1. The number of hydrogen-bond acceptors (Lipinski definition) is 5. The minimum absolute atomic E-state index is 0.372. The van der Waals surface area contributed by atoms with E-state index in [1.165, 1.54) is 16.9 Å². The van der Waals surface area contributed by atoms with Gasteiger partial charge in [-0.1, -0.05) is 36.4 Å². The summed E-state index contributed by atoms with van der Waals surface area (Å²) in [6.07, 6.45) is 1.04. The van der Waals surface area contributed by atoms with Crippen LogP contribution in [0.3, 0.4) is 0 Å². The first-order chi connectivity index (χ1) is 14.2. The Morgan fingerprint density at radius 3 is 2.31 bits per heavy atom. The zero-order valence-corrected chi connectivity index (χ0v) is 17.1. The summed E-state index contributed by atoms with van der Waals surface area (Å²) in [5.74, 6) is 1.86. The van der Waals surface area contributed by atoms with E-state index in [0.29, 0.717) is 6.04 Å². The fraction of sp³-hybridized carbons (Fsp3) is 0.333. The van der Waals surface area contributed by atoms with Gasteiger partial charge >= 0.3 is 0 Å². The number of benzene rings is 2. The van der Waals surface area contributed by atoms with Gasteiger partial charge in [0.25, 0.3) is 0 Å². The van der Waals surface area contributed by atoms with E-state index in [-0.39, 0.29) is 0 Å². The van der Waals surface area contributed by atoms with Gasteiger partial charge in [0.05, 0.1) is 0 Å². The molecular formula is C24H27N5. The van der Waals surface area contributed by atoms with Gasteiger partial charge in [-0.3, -0.25) is 0 Å². The molecule has 5 nitrogen and oxygen atoms in total. The first kappa shape index (κ1) is 18.0. The summed E-state index contributed by atoms with van der Waals surface area (Å²) >= 11 is 0. The standard InChI is InChI=1S/C24H27N5/c1-18-16-23(28-14-12-27(13-15-28)21-9-4-3-5-10-21)26-24(25-18)29-19(2)17-20-8-6-7-11-22(20)29/h3-11,16,19H,12-15,17H2,1-2H3. The van der Waals surface area contributed by atoms with Crippen LogP contribution in [0.15, 0.2) is 60.7 Å². The Morgan fingerprint density at radius 2 is 1.52 bits per heavy atom. The number of para-hydroxylation sites is 2. The number of piperazine rings is 1. The van der Waals surface area contributed by atoms with Crippen molar-refractivity contribution in [1.82, 2.24) is 9.97 Å². The number of anilines is 4. The molecule has 5 rings (SSSR count). The lowest BCUT2D eigenvalue weighted by molar-refractivity contribution is 0.645. The van der Waals surface area contributed by atoms with Crippen LogP contribution < -0.4 is 14.7 Å². The molecule has 1 aromatic heterocycles. The molecule has 3 heterocycles. The van der Waals surface area contributed by atoms with E-state index in [4.69, 9.17) is 9.97 Å². The van der Waals surface area contributed by atoms with Crippen molar-refractivity contribution in [2.75, 3.05) is 40.9 Å². The molecule has 0 radical (unpaired) electrons. The number of hydrogen-bond donors (Lipinski definition) is 0. The van der Waals surface area contributed by atoms with Crippen LogP contribution in [0, 0.1) is 6.92 Å². The highest BCUT2D eigenvalue weighted by atomic mass is 15.3. The molecule has 1 unspecified atom stereocenters. The van der Waals surface area contributed by atoms with Crippen molar-refractivity contribution in [3.63, 3.8) is 0 Å². The Morgan fingerprint density at radius 1 is 0.828 bits per heavy atom. The van der Waals surface area contributed by atoms with Gasteiger partial charge in [0.1, 0.15) is 5.82 Å². The van der Waals surface area contributed by atoms with Crippen LogP contribution in [0.25, 0.3) is 0 Å². The number of rotatable bonds is 3. The highest BCUT2D eigenvalue weighted by molar-refractivity contribution is 5.68. The Balaban J connectivity index is 1.38. The van der Waals surface area contributed by atoms with Gasteiger partial charge in [-0.25, -0.2) is 4.98 Å². The molecule has 29 heavy (non-hydrogen) atoms. The molecule has 1 atom stereocenters. The van der Waals surface area contributed by atoms with E-state index < -0.39 is 0 Å². The van der Waals surface area contributed by atoms with Crippen molar-refractivity contribution in [2.24, 2.45) is 0 Å². The summed E-state index contributed by atoms with van der Waals surface area (Å²) in [6, 6.07) is 21.8. The van der Waals surface area contributed by atoms with E-state index >= 15 is 0 Å². The maximum absolute atomic E-state index is 5.01. The maximum Gasteiger partial charge on any atom is 0.232 e. The quantitative estimate of drug-likeness (QED) is 0.675. The summed E-state index contributed by atoms with van der Waals surface area (Å²) in [4.78, 5) is 16.9. The van der Waals surface area contributed by atoms with Crippen molar-refractivity contribution in [1.29, 1.82) is 0 Å². The molecule has 2 aliphatic heterocycles. The zero-order valence-electron chi connectivity index (χ0n) is 17.1. The Hall–Kier alpha value is -3.08. The van der Waals surface area contributed by atoms with Gasteiger partial charge < -0.3 is 14.7 Å². The molecule has 2 aromatic carbocycles. The lowest BCUT2D eigenvalue weighted by Crippen LogP contribution is -2.47. The van der Waals surface area contributed by atoms with Crippen LogP contribution in [0.1, 0.15) is 18.2 Å². The van der Waals surface area contributed by atoms with Crippen LogP contribution >= 0.6 is 0 Å². The zero-order chi connectivity index (χ0) is 19.8. The number of nitrogens with zero attached hydrogens (tertiary/aromatic N) is 5. The molecule has 0 aliphatic carbocycles. The summed E-state index contributed by atoms with van der Waals surface area (Å²) in [7, 11) is 0. The van der Waals surface area contributed by atoms with Crippen molar-refractivity contribution in [3.8, 4) is 0 Å². The third-order valence-electron chi connectivity index (χ3n) is 5.98. The molecule has 3 aromatic rings. The Labute approximate surface area is 172 Å². The molecule has 1 fully saturated rings. The molecule has 5 heteroatoms. The number of aromatic nitrogens is 2. The van der Waals surface area contributed by atoms with Gasteiger partial charge in [-0.2, -0.15) is 4.98 Å². The minimum Gasteiger partial charge on any atom is -0.368 e. The topological polar surface area (TPSA) is 35.5 Å². The molecule has 0 amide bonds. The Bertz CT molecular complexity index is 995. The summed E-state index contributed by atoms with van der Waals surface area (Å²) < 4.78 is 0. The second-order valence-corrected chi connectivity index (χ2v) is 8.03. The van der Waals surface area contributed by atoms with Crippen LogP contribution in [-0.2, 0) is 6.42 Å². The average Bonchev–Trinajstić information content (AvgIpc) is 3.10. The highest BCUT2D eigenvalue weighted by Crippen LogP contribution is 2.37. The second kappa shape index (κ2) is 7.39. The van der Waals surface area contributed by atoms with Gasteiger partial charge in [-0.15, -0.1) is 0 Å². The van der Waals surface area contributed by atoms with Crippen molar-refractivity contribution in [2.45, 2.75) is 26.3 Å². The van der Waals surface area contributed by atoms with E-state index in [1.807, 2.05) is 0 Å². The minimum atomic E-state index is 0.372. The van der Waals surface area contributed by atoms with E-state index in [1.54, 1.807) is 0 Å². The average molecular weight is 386 g/mol. The molecule has 0 saturated carbocycles. The lowest BCUT2D eigenvalue weighted by Gasteiger charge is -2.37. The van der Waals surface area contributed by atoms with Crippen molar-refractivity contribution >= 4 is 23.1 Å². The van der Waals surface area contributed by atoms with Crippen molar-refractivity contribution < 1.29 is 0 Å². The fourth-order valence-electron chi connectivity index (χ4n) is 4.51. The van der Waals surface area contributed by atoms with E-state index in [2.05, 4.69) is 89.2 Å². The number of fused-ring (bicyclic) bond motifs is 1. The molecule has 2 aliphatic rings. The molecule has 0 bridgehead atoms. The summed E-state index contributed by atoms with van der Waals surface area (Å²) in [5.41, 5.74) is 4.94. The van der Waals surface area contributed by atoms with Gasteiger partial charge in [0.2, 0.25) is 5.95 Å². The third-order valence-corrected chi connectivity index (χ3v) is 5.98. The largest absolute Gasteiger partial charge is 0.368 e. The molecule has 0 spiro atoms. The summed E-state index contributed by atoms with van der Waals surface area (Å²) in [6.45, 7) is 8.27. The first-order valence-electron chi connectivity index (χ1n) is 10.5. The Kier molecular flexibility index (Phi) is 4.58. The van der Waals surface area contributed by atoms with Gasteiger partial charge in [0.15, 0.2) is 0 Å². The smallest absolute Gasteiger partial charge is 0.232 e. The molecule has 1 saturated heterocycles. The lowest BCUT2D eigenvalue weighted by atomic mass is 10.1. The monoisotopic (exact) mass is 385 g/mol. The van der Waals surface area contributed by atoms with Crippen LogP contribution in [0.5, 0.6) is 0 Å². The van der Waals surface area contributed by atoms with Crippen LogP contribution in [-0.4, -0.2) is 42.2 Å². The summed E-state index contributed by atoms with van der Waals surface area (Å²) in [5, 5.41) is 0. The predicted molar refractivity (Wildman–Crippen MR) is 119 cm³/mol. The van der Waals surface area contributed by atoms with E-state index in [9.17, 15) is 0 Å². The highest BCUT2D eigenvalue weighted by Gasteiger charge is 2.29. The van der Waals surface area contributed by atoms with Crippen LogP contribution in [0.4, 0.5) is 23.1 Å². The van der Waals surface area contributed by atoms with Gasteiger partial charge in [0, 0.05) is 55.4 Å². The SMILES string of the molecule is Cc1cc(N2CCN(c3ccccc3)CC2)nc(N2c3ccccc3CC2C)n1. The second-order valence-electron chi connectivity index (χ2n) is 8.03. The van der Waals surface area contributed by atoms with Crippen molar-refractivity contribution in [3.05, 3.63) is 71.9 Å². The van der Waals surface area contributed by atoms with E-state index in [0.717, 1.165) is 50.1 Å².